The van der Waals surface area contributed by atoms with Crippen molar-refractivity contribution in [2.45, 2.75) is 52.6 Å². The Labute approximate surface area is 305 Å². The lowest BCUT2D eigenvalue weighted by Gasteiger charge is -2.41. The third-order valence-electron chi connectivity index (χ3n) is 7.98. The molecule has 9 heteroatoms. The highest BCUT2D eigenvalue weighted by Crippen LogP contribution is 2.59. The van der Waals surface area contributed by atoms with Crippen LogP contribution < -0.4 is 26.5 Å². The molecule has 5 nitrogen and oxygen atoms in total. The van der Waals surface area contributed by atoms with Gasteiger partial charge in [-0.2, -0.15) is 0 Å². The Morgan fingerprint density at radius 3 is 1.26 bits per heavy atom. The van der Waals surface area contributed by atoms with Gasteiger partial charge in [0.2, 0.25) is 0 Å². The van der Waals surface area contributed by atoms with Crippen LogP contribution in [0.15, 0.2) is 152 Å². The quantitative estimate of drug-likeness (QED) is 0.0622. The number of hydrogen-bond donors (Lipinski definition) is 0. The third-order valence-corrected chi connectivity index (χ3v) is 18.3. The Kier molecular flexibility index (Phi) is 16.0. The fourth-order valence-electron chi connectivity index (χ4n) is 5.76. The van der Waals surface area contributed by atoms with Crippen LogP contribution in [0.3, 0.4) is 0 Å². The minimum absolute atomic E-state index is 0.224. The molecule has 5 aromatic carbocycles. The standard InChI is InChI=1S/C41H50N2O3P4/c1-6-45-50(42(35(2)3)47(37-24-12-7-13-25-37)38-26-14-8-15-27-38)46-34-22-23-36(4)43(49(44-5)41-32-20-11-21-33-41)48(39-28-16-9-17-29-39)40-30-18-10-19-31-40/h7-21,24-33,35-36H,6,22-23,34H2,1-5H3. The summed E-state index contributed by atoms with van der Waals surface area (Å²) in [5.41, 5.74) is 0. The van der Waals surface area contributed by atoms with Crippen molar-refractivity contribution in [1.29, 1.82) is 0 Å². The molecule has 0 saturated heterocycles. The molecular weight excluding hydrogens is 692 g/mol. The van der Waals surface area contributed by atoms with Crippen molar-refractivity contribution < 1.29 is 13.6 Å². The first-order chi connectivity index (χ1) is 24.5. The van der Waals surface area contributed by atoms with Gasteiger partial charge in [0, 0.05) is 40.6 Å². The third kappa shape index (κ3) is 10.4. The van der Waals surface area contributed by atoms with Gasteiger partial charge in [-0.05, 0) is 61.8 Å². The molecule has 0 N–H and O–H groups in total. The summed E-state index contributed by atoms with van der Waals surface area (Å²) in [6.45, 7) is 10.1. The number of benzene rings is 5. The fraction of sp³-hybridized carbons (Fsp3) is 0.268. The maximum absolute atomic E-state index is 6.81. The average molecular weight is 743 g/mol. The molecule has 3 unspecified atom stereocenters. The van der Waals surface area contributed by atoms with Crippen molar-refractivity contribution in [1.82, 2.24) is 8.88 Å². The van der Waals surface area contributed by atoms with Gasteiger partial charge in [-0.15, -0.1) is 0 Å². The molecule has 0 radical (unpaired) electrons. The molecule has 3 atom stereocenters. The van der Waals surface area contributed by atoms with E-state index in [2.05, 4.69) is 188 Å². The zero-order chi connectivity index (χ0) is 35.1. The van der Waals surface area contributed by atoms with E-state index in [1.165, 1.54) is 26.5 Å². The minimum Gasteiger partial charge on any atom is -0.343 e. The van der Waals surface area contributed by atoms with E-state index in [4.69, 9.17) is 13.6 Å². The second kappa shape index (κ2) is 20.6. The molecular formula is C41H50N2O3P4. The van der Waals surface area contributed by atoms with E-state index in [0.29, 0.717) is 13.2 Å². The number of nitrogens with zero attached hydrogens (tertiary/aromatic N) is 2. The van der Waals surface area contributed by atoms with E-state index in [1.54, 1.807) is 0 Å². The molecule has 0 saturated carbocycles. The van der Waals surface area contributed by atoms with Gasteiger partial charge in [-0.25, -0.2) is 8.88 Å². The van der Waals surface area contributed by atoms with Crippen molar-refractivity contribution in [3.8, 4) is 0 Å². The molecule has 0 heterocycles. The second-order valence-electron chi connectivity index (χ2n) is 12.0. The van der Waals surface area contributed by atoms with Crippen LogP contribution in [0.1, 0.15) is 40.5 Å². The first-order valence-corrected chi connectivity index (χ1v) is 22.3. The molecule has 0 aliphatic carbocycles. The summed E-state index contributed by atoms with van der Waals surface area (Å²) in [5.74, 6) is 0. The normalized spacial score (nSPS) is 13.7. The molecule has 0 aromatic heterocycles. The van der Waals surface area contributed by atoms with E-state index in [-0.39, 0.29) is 12.1 Å². The molecule has 0 aliphatic rings. The monoisotopic (exact) mass is 742 g/mol. The van der Waals surface area contributed by atoms with Gasteiger partial charge in [0.05, 0.1) is 13.2 Å². The highest BCUT2D eigenvalue weighted by Gasteiger charge is 2.36. The van der Waals surface area contributed by atoms with Crippen molar-refractivity contribution in [3.05, 3.63) is 152 Å². The summed E-state index contributed by atoms with van der Waals surface area (Å²) in [4.78, 5) is 0. The molecule has 0 spiro atoms. The van der Waals surface area contributed by atoms with Gasteiger partial charge < -0.3 is 13.6 Å². The molecule has 0 fully saturated rings. The van der Waals surface area contributed by atoms with Gasteiger partial charge in [-0.1, -0.05) is 152 Å². The van der Waals surface area contributed by atoms with Gasteiger partial charge in [0.15, 0.2) is 0 Å². The maximum Gasteiger partial charge on any atom is 0.263 e. The number of rotatable bonds is 19. The maximum atomic E-state index is 6.81. The number of hydrogen-bond acceptors (Lipinski definition) is 5. The van der Waals surface area contributed by atoms with Crippen molar-refractivity contribution in [2.75, 3.05) is 20.3 Å². The average Bonchev–Trinajstić information content (AvgIpc) is 3.16. The molecule has 0 aliphatic heterocycles. The lowest BCUT2D eigenvalue weighted by molar-refractivity contribution is 0.221. The summed E-state index contributed by atoms with van der Waals surface area (Å²) in [7, 11) is -2.23. The van der Waals surface area contributed by atoms with Crippen LogP contribution in [0.2, 0.25) is 0 Å². The van der Waals surface area contributed by atoms with E-state index in [9.17, 15) is 0 Å². The molecule has 0 bridgehead atoms. The lowest BCUT2D eigenvalue weighted by atomic mass is 10.2. The van der Waals surface area contributed by atoms with E-state index in [0.717, 1.165) is 12.8 Å². The SMILES string of the molecule is CCOP(OCCCC(C)N(P(OC)c1ccccc1)P(c1ccccc1)c1ccccc1)N(C(C)C)P(c1ccccc1)c1ccccc1. The van der Waals surface area contributed by atoms with Gasteiger partial charge in [-0.3, -0.25) is 0 Å². The summed E-state index contributed by atoms with van der Waals surface area (Å²) in [5, 5.41) is 6.45. The van der Waals surface area contributed by atoms with Crippen LogP contribution in [-0.2, 0) is 13.6 Å². The van der Waals surface area contributed by atoms with Gasteiger partial charge in [0.25, 0.3) is 8.53 Å². The summed E-state index contributed by atoms with van der Waals surface area (Å²) < 4.78 is 24.9. The zero-order valence-corrected chi connectivity index (χ0v) is 33.4. The van der Waals surface area contributed by atoms with Crippen molar-refractivity contribution >= 4 is 59.5 Å². The van der Waals surface area contributed by atoms with Crippen LogP contribution in [-0.4, -0.2) is 41.3 Å². The Morgan fingerprint density at radius 2 is 0.900 bits per heavy atom. The van der Waals surface area contributed by atoms with Crippen LogP contribution in [0.25, 0.3) is 0 Å². The van der Waals surface area contributed by atoms with Crippen LogP contribution >= 0.6 is 33.0 Å². The Morgan fingerprint density at radius 1 is 0.520 bits per heavy atom. The summed E-state index contributed by atoms with van der Waals surface area (Å²) >= 11 is 0. The predicted octanol–water partition coefficient (Wildman–Crippen LogP) is 9.83. The Hall–Kier alpha value is -2.38. The summed E-state index contributed by atoms with van der Waals surface area (Å²) in [6, 6.07) is 54.7. The van der Waals surface area contributed by atoms with Gasteiger partial charge >= 0.3 is 0 Å². The fourth-order valence-corrected chi connectivity index (χ4v) is 16.1. The minimum atomic E-state index is -1.30. The summed E-state index contributed by atoms with van der Waals surface area (Å²) in [6.07, 6.45) is 1.86. The Balaban J connectivity index is 1.40. The first kappa shape index (κ1) is 38.8. The zero-order valence-electron chi connectivity index (χ0n) is 29.8. The van der Waals surface area contributed by atoms with Crippen LogP contribution in [0.4, 0.5) is 0 Å². The molecule has 50 heavy (non-hydrogen) atoms. The van der Waals surface area contributed by atoms with E-state index >= 15 is 0 Å². The van der Waals surface area contributed by atoms with Crippen molar-refractivity contribution in [3.63, 3.8) is 0 Å². The van der Waals surface area contributed by atoms with Crippen molar-refractivity contribution in [2.24, 2.45) is 0 Å². The van der Waals surface area contributed by atoms with Gasteiger partial charge in [0.1, 0.15) is 8.30 Å². The van der Waals surface area contributed by atoms with Crippen LogP contribution in [0.5, 0.6) is 0 Å². The van der Waals surface area contributed by atoms with E-state index in [1.807, 2.05) is 7.11 Å². The first-order valence-electron chi connectivity index (χ1n) is 17.4. The smallest absolute Gasteiger partial charge is 0.263 e. The highest BCUT2D eigenvalue weighted by atomic mass is 31.2. The largest absolute Gasteiger partial charge is 0.343 e. The van der Waals surface area contributed by atoms with E-state index < -0.39 is 33.0 Å². The predicted molar refractivity (Wildman–Crippen MR) is 220 cm³/mol. The molecule has 5 aromatic rings. The molecule has 5 rings (SSSR count). The highest BCUT2D eigenvalue weighted by molar-refractivity contribution is 7.80. The van der Waals surface area contributed by atoms with Crippen LogP contribution in [0, 0.1) is 0 Å². The second-order valence-corrected chi connectivity index (χ2v) is 20.1. The molecule has 0 amide bonds. The Bertz CT molecular complexity index is 1560. The lowest BCUT2D eigenvalue weighted by Crippen LogP contribution is -2.35. The topological polar surface area (TPSA) is 34.2 Å². The molecule has 262 valence electrons.